The molecule has 2 aliphatic rings. The molecule has 2 fully saturated rings. The third kappa shape index (κ3) is 3.50. The smallest absolute Gasteiger partial charge is 0.387 e. The number of piperidine rings is 1. The van der Waals surface area contributed by atoms with Crippen LogP contribution in [0.4, 0.5) is 8.78 Å². The first-order valence-electron chi connectivity index (χ1n) is 7.73. The minimum absolute atomic E-state index is 0.0833. The second-order valence-corrected chi connectivity index (χ2v) is 6.00. The highest BCUT2D eigenvalue weighted by Crippen LogP contribution is 2.31. The van der Waals surface area contributed by atoms with Gasteiger partial charge < -0.3 is 14.8 Å². The maximum atomic E-state index is 12.3. The number of nitrogens with zero attached hydrogens (tertiary/aromatic N) is 1. The second-order valence-electron chi connectivity index (χ2n) is 6.00. The number of fused-ring (bicyclic) bond motifs is 1. The van der Waals surface area contributed by atoms with E-state index in [1.165, 1.54) is 20.0 Å². The van der Waals surface area contributed by atoms with Gasteiger partial charge in [-0.15, -0.1) is 0 Å². The van der Waals surface area contributed by atoms with E-state index >= 15 is 0 Å². The summed E-state index contributed by atoms with van der Waals surface area (Å²) in [5.41, 5.74) is 1.06. The molecule has 122 valence electrons. The SMILES string of the molecule is COc1cc(CN2CCC3NCCC3C2)ccc1OC(F)F. The lowest BCUT2D eigenvalue weighted by Gasteiger charge is -2.34. The van der Waals surface area contributed by atoms with Crippen molar-refractivity contribution in [2.24, 2.45) is 5.92 Å². The number of hydrogen-bond donors (Lipinski definition) is 1. The third-order valence-electron chi connectivity index (χ3n) is 4.59. The minimum atomic E-state index is -2.84. The Kier molecular flexibility index (Phi) is 4.78. The number of nitrogens with one attached hydrogen (secondary N) is 1. The standard InChI is InChI=1S/C16H22F2N2O2/c1-21-15-8-11(2-3-14(15)22-16(17)18)9-20-7-5-13-12(10-20)4-6-19-13/h2-3,8,12-13,16,19H,4-7,9-10H2,1H3. The van der Waals surface area contributed by atoms with Gasteiger partial charge in [-0.05, 0) is 49.5 Å². The van der Waals surface area contributed by atoms with Crippen LogP contribution in [0, 0.1) is 5.92 Å². The molecule has 3 rings (SSSR count). The second kappa shape index (κ2) is 6.79. The fourth-order valence-corrected chi connectivity index (χ4v) is 3.53. The van der Waals surface area contributed by atoms with Gasteiger partial charge in [-0.1, -0.05) is 6.07 Å². The van der Waals surface area contributed by atoms with Gasteiger partial charge in [-0.3, -0.25) is 4.90 Å². The highest BCUT2D eigenvalue weighted by atomic mass is 19.3. The lowest BCUT2D eigenvalue weighted by Crippen LogP contribution is -2.43. The fraction of sp³-hybridized carbons (Fsp3) is 0.625. The van der Waals surface area contributed by atoms with Crippen molar-refractivity contribution in [3.05, 3.63) is 23.8 Å². The van der Waals surface area contributed by atoms with E-state index in [1.54, 1.807) is 12.1 Å². The molecule has 4 nitrogen and oxygen atoms in total. The lowest BCUT2D eigenvalue weighted by atomic mass is 9.93. The average Bonchev–Trinajstić information content (AvgIpc) is 2.96. The van der Waals surface area contributed by atoms with Crippen LogP contribution in [0.1, 0.15) is 18.4 Å². The van der Waals surface area contributed by atoms with Crippen LogP contribution in [-0.4, -0.2) is 44.3 Å². The Labute approximate surface area is 129 Å². The fourth-order valence-electron chi connectivity index (χ4n) is 3.53. The normalized spacial score (nSPS) is 25.3. The number of halogens is 2. The molecule has 6 heteroatoms. The summed E-state index contributed by atoms with van der Waals surface area (Å²) in [7, 11) is 1.47. The molecule has 22 heavy (non-hydrogen) atoms. The molecule has 1 aromatic carbocycles. The first-order chi connectivity index (χ1) is 10.7. The number of alkyl halides is 2. The van der Waals surface area contributed by atoms with Crippen molar-refractivity contribution in [3.8, 4) is 11.5 Å². The van der Waals surface area contributed by atoms with E-state index in [2.05, 4.69) is 15.0 Å². The van der Waals surface area contributed by atoms with Crippen molar-refractivity contribution in [2.75, 3.05) is 26.7 Å². The van der Waals surface area contributed by atoms with Crippen LogP contribution < -0.4 is 14.8 Å². The maximum absolute atomic E-state index is 12.3. The van der Waals surface area contributed by atoms with Crippen LogP contribution in [-0.2, 0) is 6.54 Å². The topological polar surface area (TPSA) is 33.7 Å². The number of ether oxygens (including phenoxy) is 2. The number of likely N-dealkylation sites (tertiary alicyclic amines) is 1. The number of benzene rings is 1. The summed E-state index contributed by atoms with van der Waals surface area (Å²) in [5, 5.41) is 3.55. The molecule has 0 bridgehead atoms. The van der Waals surface area contributed by atoms with E-state index in [0.29, 0.717) is 11.8 Å². The highest BCUT2D eigenvalue weighted by molar-refractivity contribution is 5.43. The zero-order chi connectivity index (χ0) is 15.5. The molecule has 2 saturated heterocycles. The molecule has 0 aliphatic carbocycles. The maximum Gasteiger partial charge on any atom is 0.387 e. The van der Waals surface area contributed by atoms with Gasteiger partial charge in [0, 0.05) is 19.1 Å². The first-order valence-corrected chi connectivity index (χ1v) is 7.73. The van der Waals surface area contributed by atoms with Crippen molar-refractivity contribution >= 4 is 0 Å². The summed E-state index contributed by atoms with van der Waals surface area (Å²) in [6, 6.07) is 5.85. The van der Waals surface area contributed by atoms with Gasteiger partial charge in [-0.25, -0.2) is 0 Å². The Morgan fingerprint density at radius 2 is 2.18 bits per heavy atom. The summed E-state index contributed by atoms with van der Waals surface area (Å²) < 4.78 is 34.3. The average molecular weight is 312 g/mol. The van der Waals surface area contributed by atoms with Crippen LogP contribution in [0.15, 0.2) is 18.2 Å². The largest absolute Gasteiger partial charge is 0.493 e. The van der Waals surface area contributed by atoms with Gasteiger partial charge >= 0.3 is 6.61 Å². The van der Waals surface area contributed by atoms with Crippen molar-refractivity contribution in [1.82, 2.24) is 10.2 Å². The molecule has 2 aliphatic heterocycles. The number of hydrogen-bond acceptors (Lipinski definition) is 4. The molecule has 2 heterocycles. The zero-order valence-corrected chi connectivity index (χ0v) is 12.7. The van der Waals surface area contributed by atoms with Crippen LogP contribution in [0.2, 0.25) is 0 Å². The molecule has 2 unspecified atom stereocenters. The van der Waals surface area contributed by atoms with Crippen LogP contribution in [0.25, 0.3) is 0 Å². The van der Waals surface area contributed by atoms with Crippen LogP contribution in [0.5, 0.6) is 11.5 Å². The number of rotatable bonds is 5. The molecule has 0 saturated carbocycles. The Morgan fingerprint density at radius 3 is 2.95 bits per heavy atom. The predicted molar refractivity (Wildman–Crippen MR) is 79.4 cm³/mol. The molecule has 1 aromatic rings. The Hall–Kier alpha value is -1.40. The molecule has 0 spiro atoms. The molecular formula is C16H22F2N2O2. The third-order valence-corrected chi connectivity index (χ3v) is 4.59. The zero-order valence-electron chi connectivity index (χ0n) is 12.7. The summed E-state index contributed by atoms with van der Waals surface area (Å²) >= 11 is 0. The van der Waals surface area contributed by atoms with Gasteiger partial charge in [-0.2, -0.15) is 8.78 Å². The van der Waals surface area contributed by atoms with Crippen LogP contribution in [0.3, 0.4) is 0 Å². The molecular weight excluding hydrogens is 290 g/mol. The van der Waals surface area contributed by atoms with Crippen molar-refractivity contribution in [3.63, 3.8) is 0 Å². The van der Waals surface area contributed by atoms with E-state index in [0.717, 1.165) is 37.7 Å². The van der Waals surface area contributed by atoms with Crippen molar-refractivity contribution in [2.45, 2.75) is 32.0 Å². The highest BCUT2D eigenvalue weighted by Gasteiger charge is 2.32. The van der Waals surface area contributed by atoms with E-state index < -0.39 is 6.61 Å². The Bertz CT molecular complexity index is 513. The summed E-state index contributed by atoms with van der Waals surface area (Å²) in [6.45, 7) is 1.25. The molecule has 2 atom stereocenters. The first kappa shape index (κ1) is 15.5. The van der Waals surface area contributed by atoms with Gasteiger partial charge in [0.15, 0.2) is 11.5 Å². The number of methoxy groups -OCH3 is 1. The Balaban J connectivity index is 1.64. The predicted octanol–water partition coefficient (Wildman–Crippen LogP) is 2.48. The quantitative estimate of drug-likeness (QED) is 0.906. The molecule has 0 amide bonds. The molecule has 1 N–H and O–H groups in total. The summed E-state index contributed by atoms with van der Waals surface area (Å²) in [5.74, 6) is 1.17. The van der Waals surface area contributed by atoms with Gasteiger partial charge in [0.1, 0.15) is 0 Å². The molecule has 0 aromatic heterocycles. The van der Waals surface area contributed by atoms with E-state index in [1.807, 2.05) is 6.07 Å². The van der Waals surface area contributed by atoms with Crippen molar-refractivity contribution < 1.29 is 18.3 Å². The van der Waals surface area contributed by atoms with Gasteiger partial charge in [0.25, 0.3) is 0 Å². The van der Waals surface area contributed by atoms with E-state index in [-0.39, 0.29) is 5.75 Å². The van der Waals surface area contributed by atoms with Gasteiger partial charge in [0.2, 0.25) is 0 Å². The van der Waals surface area contributed by atoms with E-state index in [4.69, 9.17) is 4.74 Å². The monoisotopic (exact) mass is 312 g/mol. The van der Waals surface area contributed by atoms with E-state index in [9.17, 15) is 8.78 Å². The minimum Gasteiger partial charge on any atom is -0.493 e. The summed E-state index contributed by atoms with van der Waals surface area (Å²) in [4.78, 5) is 2.43. The van der Waals surface area contributed by atoms with Crippen molar-refractivity contribution in [1.29, 1.82) is 0 Å². The molecule has 0 radical (unpaired) electrons. The summed E-state index contributed by atoms with van der Waals surface area (Å²) in [6.07, 6.45) is 2.42. The van der Waals surface area contributed by atoms with Gasteiger partial charge in [0.05, 0.1) is 7.11 Å². The lowest BCUT2D eigenvalue weighted by molar-refractivity contribution is -0.0512. The van der Waals surface area contributed by atoms with Crippen LogP contribution >= 0.6 is 0 Å². The Morgan fingerprint density at radius 1 is 1.32 bits per heavy atom.